The minimum atomic E-state index is 0.657. The number of hydrogen-bond donors (Lipinski definition) is 1. The van der Waals surface area contributed by atoms with E-state index in [9.17, 15) is 0 Å². The molecule has 0 atom stereocenters. The summed E-state index contributed by atoms with van der Waals surface area (Å²) in [5, 5.41) is 3.35. The van der Waals surface area contributed by atoms with Crippen molar-refractivity contribution < 1.29 is 4.74 Å². The number of hydrogen-bond acceptors (Lipinski definition) is 4. The summed E-state index contributed by atoms with van der Waals surface area (Å²) in [4.78, 5) is 5.01. The van der Waals surface area contributed by atoms with Crippen molar-refractivity contribution in [3.05, 3.63) is 24.3 Å². The third-order valence-corrected chi connectivity index (χ3v) is 3.91. The van der Waals surface area contributed by atoms with Gasteiger partial charge in [0.1, 0.15) is 0 Å². The van der Waals surface area contributed by atoms with E-state index in [1.54, 1.807) is 7.11 Å². The zero-order valence-electron chi connectivity index (χ0n) is 12.9. The van der Waals surface area contributed by atoms with Gasteiger partial charge in [0.05, 0.1) is 6.61 Å². The third kappa shape index (κ3) is 4.12. The summed E-state index contributed by atoms with van der Waals surface area (Å²) < 4.78 is 5.04. The molecule has 0 unspecified atom stereocenters. The lowest BCUT2D eigenvalue weighted by atomic mass is 10.2. The van der Waals surface area contributed by atoms with Crippen molar-refractivity contribution in [3.8, 4) is 0 Å². The average molecular weight is 277 g/mol. The standard InChI is InChI=1S/C16H27N3O/c1-14(2)18-9-11-19(12-10-18)16-6-4-15(5-7-16)17-8-13-20-3/h4-7,14,17H,8-13H2,1-3H3. The number of methoxy groups -OCH3 is 1. The van der Waals surface area contributed by atoms with Crippen LogP contribution in [0.25, 0.3) is 0 Å². The maximum Gasteiger partial charge on any atom is 0.0635 e. The molecule has 2 rings (SSSR count). The van der Waals surface area contributed by atoms with Crippen LogP contribution in [0.4, 0.5) is 11.4 Å². The maximum atomic E-state index is 5.04. The predicted molar refractivity (Wildman–Crippen MR) is 85.7 cm³/mol. The lowest BCUT2D eigenvalue weighted by molar-refractivity contribution is 0.209. The summed E-state index contributed by atoms with van der Waals surface area (Å²) in [5.41, 5.74) is 2.48. The van der Waals surface area contributed by atoms with Crippen LogP contribution in [0, 0.1) is 0 Å². The first-order valence-corrected chi connectivity index (χ1v) is 7.52. The molecule has 20 heavy (non-hydrogen) atoms. The quantitative estimate of drug-likeness (QED) is 0.807. The number of benzene rings is 1. The Labute approximate surface area is 122 Å². The van der Waals surface area contributed by atoms with E-state index in [0.29, 0.717) is 6.04 Å². The van der Waals surface area contributed by atoms with Gasteiger partial charge in [-0.05, 0) is 38.1 Å². The fraction of sp³-hybridized carbons (Fsp3) is 0.625. The Kier molecular flexibility index (Phi) is 5.68. The molecular formula is C16H27N3O. The molecule has 1 aromatic carbocycles. The number of nitrogens with one attached hydrogen (secondary N) is 1. The van der Waals surface area contributed by atoms with Crippen LogP contribution in [0.3, 0.4) is 0 Å². The molecule has 0 saturated carbocycles. The molecule has 1 aliphatic rings. The van der Waals surface area contributed by atoms with E-state index in [1.165, 1.54) is 5.69 Å². The normalized spacial score (nSPS) is 16.7. The molecule has 0 spiro atoms. The Morgan fingerprint density at radius 1 is 1.10 bits per heavy atom. The molecule has 4 heteroatoms. The molecular weight excluding hydrogens is 250 g/mol. The first-order chi connectivity index (χ1) is 9.70. The van der Waals surface area contributed by atoms with Crippen LogP contribution in [0.15, 0.2) is 24.3 Å². The second kappa shape index (κ2) is 7.50. The zero-order chi connectivity index (χ0) is 14.4. The molecule has 0 amide bonds. The number of ether oxygens (including phenoxy) is 1. The van der Waals surface area contributed by atoms with Gasteiger partial charge in [-0.3, -0.25) is 4.90 Å². The summed E-state index contributed by atoms with van der Waals surface area (Å²) in [6, 6.07) is 9.38. The van der Waals surface area contributed by atoms with Crippen LogP contribution in [-0.4, -0.2) is 57.4 Å². The van der Waals surface area contributed by atoms with Gasteiger partial charge in [-0.25, -0.2) is 0 Å². The summed E-state index contributed by atoms with van der Waals surface area (Å²) in [6.07, 6.45) is 0. The highest BCUT2D eigenvalue weighted by Gasteiger charge is 2.18. The molecule has 112 valence electrons. The topological polar surface area (TPSA) is 27.7 Å². The van der Waals surface area contributed by atoms with Crippen molar-refractivity contribution in [2.45, 2.75) is 19.9 Å². The molecule has 1 N–H and O–H groups in total. The van der Waals surface area contributed by atoms with Crippen molar-refractivity contribution in [1.82, 2.24) is 4.90 Å². The lowest BCUT2D eigenvalue weighted by Crippen LogP contribution is -2.48. The molecule has 0 aliphatic carbocycles. The molecule has 1 aromatic rings. The van der Waals surface area contributed by atoms with Gasteiger partial charge in [-0.1, -0.05) is 0 Å². The molecule has 0 radical (unpaired) electrons. The van der Waals surface area contributed by atoms with Crippen molar-refractivity contribution in [3.63, 3.8) is 0 Å². The third-order valence-electron chi connectivity index (χ3n) is 3.91. The maximum absolute atomic E-state index is 5.04. The predicted octanol–water partition coefficient (Wildman–Crippen LogP) is 2.28. The molecule has 1 fully saturated rings. The molecule has 1 heterocycles. The molecule has 1 saturated heterocycles. The fourth-order valence-corrected chi connectivity index (χ4v) is 2.58. The van der Waals surface area contributed by atoms with Crippen molar-refractivity contribution >= 4 is 11.4 Å². The van der Waals surface area contributed by atoms with E-state index < -0.39 is 0 Å². The highest BCUT2D eigenvalue weighted by atomic mass is 16.5. The van der Waals surface area contributed by atoms with Gasteiger partial charge in [-0.2, -0.15) is 0 Å². The molecule has 4 nitrogen and oxygen atoms in total. The summed E-state index contributed by atoms with van der Waals surface area (Å²) in [6.45, 7) is 10.7. The fourth-order valence-electron chi connectivity index (χ4n) is 2.58. The van der Waals surface area contributed by atoms with Crippen LogP contribution in [0.2, 0.25) is 0 Å². The van der Waals surface area contributed by atoms with Gasteiger partial charge in [0, 0.05) is 57.3 Å². The van der Waals surface area contributed by atoms with Crippen molar-refractivity contribution in [1.29, 1.82) is 0 Å². The van der Waals surface area contributed by atoms with Crippen LogP contribution < -0.4 is 10.2 Å². The summed E-state index contributed by atoms with van der Waals surface area (Å²) >= 11 is 0. The largest absolute Gasteiger partial charge is 0.383 e. The van der Waals surface area contributed by atoms with E-state index in [2.05, 4.69) is 53.2 Å². The smallest absolute Gasteiger partial charge is 0.0635 e. The Morgan fingerprint density at radius 3 is 2.30 bits per heavy atom. The van der Waals surface area contributed by atoms with Crippen LogP contribution in [-0.2, 0) is 4.74 Å². The Balaban J connectivity index is 1.84. The van der Waals surface area contributed by atoms with Gasteiger partial charge in [0.15, 0.2) is 0 Å². The first-order valence-electron chi connectivity index (χ1n) is 7.52. The number of rotatable bonds is 6. The van der Waals surface area contributed by atoms with E-state index in [4.69, 9.17) is 4.74 Å². The highest BCUT2D eigenvalue weighted by molar-refractivity contribution is 5.55. The minimum Gasteiger partial charge on any atom is -0.383 e. The van der Waals surface area contributed by atoms with Gasteiger partial charge < -0.3 is 15.0 Å². The molecule has 1 aliphatic heterocycles. The highest BCUT2D eigenvalue weighted by Crippen LogP contribution is 2.20. The number of anilines is 2. The van der Waals surface area contributed by atoms with Crippen molar-refractivity contribution in [2.24, 2.45) is 0 Å². The van der Waals surface area contributed by atoms with Gasteiger partial charge >= 0.3 is 0 Å². The Morgan fingerprint density at radius 2 is 1.75 bits per heavy atom. The minimum absolute atomic E-state index is 0.657. The lowest BCUT2D eigenvalue weighted by Gasteiger charge is -2.38. The number of nitrogens with zero attached hydrogens (tertiary/aromatic N) is 2. The first kappa shape index (κ1) is 15.1. The van der Waals surface area contributed by atoms with Gasteiger partial charge in [0.25, 0.3) is 0 Å². The van der Waals surface area contributed by atoms with E-state index in [0.717, 1.165) is 45.0 Å². The van der Waals surface area contributed by atoms with Gasteiger partial charge in [-0.15, -0.1) is 0 Å². The van der Waals surface area contributed by atoms with Crippen LogP contribution in [0.1, 0.15) is 13.8 Å². The van der Waals surface area contributed by atoms with Gasteiger partial charge in [0.2, 0.25) is 0 Å². The number of piperazine rings is 1. The zero-order valence-corrected chi connectivity index (χ0v) is 12.9. The summed E-state index contributed by atoms with van der Waals surface area (Å²) in [5.74, 6) is 0. The molecule has 0 aromatic heterocycles. The van der Waals surface area contributed by atoms with Crippen LogP contribution >= 0.6 is 0 Å². The van der Waals surface area contributed by atoms with Crippen molar-refractivity contribution in [2.75, 3.05) is 56.7 Å². The van der Waals surface area contributed by atoms with E-state index in [1.807, 2.05) is 0 Å². The SMILES string of the molecule is COCCNc1ccc(N2CCN(C(C)C)CC2)cc1. The molecule has 0 bridgehead atoms. The monoisotopic (exact) mass is 277 g/mol. The van der Waals surface area contributed by atoms with Crippen LogP contribution in [0.5, 0.6) is 0 Å². The average Bonchev–Trinajstić information content (AvgIpc) is 2.48. The van der Waals surface area contributed by atoms with E-state index >= 15 is 0 Å². The Hall–Kier alpha value is -1.26. The second-order valence-corrected chi connectivity index (χ2v) is 5.58. The Bertz CT molecular complexity index is 383. The van der Waals surface area contributed by atoms with E-state index in [-0.39, 0.29) is 0 Å². The second-order valence-electron chi connectivity index (χ2n) is 5.58. The summed E-state index contributed by atoms with van der Waals surface area (Å²) in [7, 11) is 1.72.